The van der Waals surface area contributed by atoms with Crippen molar-refractivity contribution in [3.05, 3.63) is 60.4 Å². The molecule has 27 heavy (non-hydrogen) atoms. The third kappa shape index (κ3) is 4.78. The zero-order valence-electron chi connectivity index (χ0n) is 15.3. The van der Waals surface area contributed by atoms with E-state index in [1.165, 1.54) is 0 Å². The van der Waals surface area contributed by atoms with Gasteiger partial charge in [-0.25, -0.2) is 4.98 Å². The fourth-order valence-corrected chi connectivity index (χ4v) is 2.38. The molecule has 0 radical (unpaired) electrons. The standard InChI is InChI=1S/C20H22N6O/c1-3-13(2)23-20-24-17(15-5-4-10-22-12-15)11-18(26-20)25-19(27)14-6-8-16(21)9-7-14/h4-13H,3,21H2,1-2H3,(H2,23,24,25,26,27)/t13-/m0/s1. The maximum Gasteiger partial charge on any atom is 0.256 e. The molecule has 0 bridgehead atoms. The number of carbonyl (C=O) groups is 1. The van der Waals surface area contributed by atoms with Crippen molar-refractivity contribution in [3.8, 4) is 11.3 Å². The Hall–Kier alpha value is -3.48. The van der Waals surface area contributed by atoms with Crippen molar-refractivity contribution in [1.82, 2.24) is 15.0 Å². The van der Waals surface area contributed by atoms with Crippen LogP contribution in [0.1, 0.15) is 30.6 Å². The van der Waals surface area contributed by atoms with Gasteiger partial charge in [-0.15, -0.1) is 0 Å². The fourth-order valence-electron chi connectivity index (χ4n) is 2.38. The van der Waals surface area contributed by atoms with Gasteiger partial charge in [0.1, 0.15) is 5.82 Å². The highest BCUT2D eigenvalue weighted by atomic mass is 16.1. The smallest absolute Gasteiger partial charge is 0.256 e. The van der Waals surface area contributed by atoms with Crippen LogP contribution in [0.3, 0.4) is 0 Å². The van der Waals surface area contributed by atoms with Crippen LogP contribution in [0.4, 0.5) is 17.5 Å². The first-order chi connectivity index (χ1) is 13.0. The molecule has 0 aliphatic carbocycles. The summed E-state index contributed by atoms with van der Waals surface area (Å²) in [6, 6.07) is 12.4. The Labute approximate surface area is 158 Å². The minimum absolute atomic E-state index is 0.204. The lowest BCUT2D eigenvalue weighted by Gasteiger charge is -2.14. The van der Waals surface area contributed by atoms with E-state index in [2.05, 4.69) is 32.5 Å². The summed E-state index contributed by atoms with van der Waals surface area (Å²) in [7, 11) is 0. The molecule has 3 aromatic rings. The zero-order chi connectivity index (χ0) is 19.2. The number of pyridine rings is 1. The first-order valence-corrected chi connectivity index (χ1v) is 8.78. The molecule has 0 saturated carbocycles. The van der Waals surface area contributed by atoms with E-state index in [0.717, 1.165) is 12.0 Å². The SMILES string of the molecule is CC[C@H](C)Nc1nc(NC(=O)c2ccc(N)cc2)cc(-c2cccnc2)n1. The second-order valence-electron chi connectivity index (χ2n) is 6.23. The quantitative estimate of drug-likeness (QED) is 0.579. The lowest BCUT2D eigenvalue weighted by molar-refractivity contribution is 0.102. The Kier molecular flexibility index (Phi) is 5.61. The highest BCUT2D eigenvalue weighted by Gasteiger charge is 2.12. The first kappa shape index (κ1) is 18.3. The van der Waals surface area contributed by atoms with Crippen LogP contribution in [-0.2, 0) is 0 Å². The van der Waals surface area contributed by atoms with Crippen LogP contribution in [0.25, 0.3) is 11.3 Å². The number of hydrogen-bond acceptors (Lipinski definition) is 6. The van der Waals surface area contributed by atoms with Crippen LogP contribution in [-0.4, -0.2) is 26.9 Å². The summed E-state index contributed by atoms with van der Waals surface area (Å²) >= 11 is 0. The maximum absolute atomic E-state index is 12.5. The van der Waals surface area contributed by atoms with Crippen molar-refractivity contribution in [2.45, 2.75) is 26.3 Å². The molecule has 1 aromatic carbocycles. The number of nitrogens with two attached hydrogens (primary N) is 1. The number of carbonyl (C=O) groups excluding carboxylic acids is 1. The Morgan fingerprint density at radius 1 is 1.19 bits per heavy atom. The van der Waals surface area contributed by atoms with Crippen LogP contribution >= 0.6 is 0 Å². The summed E-state index contributed by atoms with van der Waals surface area (Å²) < 4.78 is 0. The van der Waals surface area contributed by atoms with E-state index in [9.17, 15) is 4.79 Å². The van der Waals surface area contributed by atoms with E-state index in [1.54, 1.807) is 42.7 Å². The summed E-state index contributed by atoms with van der Waals surface area (Å²) in [5.74, 6) is 0.607. The summed E-state index contributed by atoms with van der Waals surface area (Å²) in [6.07, 6.45) is 4.35. The zero-order valence-corrected chi connectivity index (χ0v) is 15.3. The molecular formula is C20H22N6O. The molecule has 0 saturated heterocycles. The first-order valence-electron chi connectivity index (χ1n) is 8.78. The van der Waals surface area contributed by atoms with E-state index in [1.807, 2.05) is 19.1 Å². The topological polar surface area (TPSA) is 106 Å². The van der Waals surface area contributed by atoms with Gasteiger partial charge in [0.25, 0.3) is 5.91 Å². The van der Waals surface area contributed by atoms with Gasteiger partial charge in [-0.2, -0.15) is 4.98 Å². The molecule has 1 amide bonds. The van der Waals surface area contributed by atoms with Gasteiger partial charge in [0, 0.05) is 41.3 Å². The van der Waals surface area contributed by atoms with Crippen LogP contribution in [0, 0.1) is 0 Å². The van der Waals surface area contributed by atoms with Gasteiger partial charge in [0.15, 0.2) is 0 Å². The van der Waals surface area contributed by atoms with Gasteiger partial charge in [-0.3, -0.25) is 9.78 Å². The van der Waals surface area contributed by atoms with Crippen LogP contribution < -0.4 is 16.4 Å². The summed E-state index contributed by atoms with van der Waals surface area (Å²) in [6.45, 7) is 4.12. The molecule has 7 nitrogen and oxygen atoms in total. The van der Waals surface area contributed by atoms with Crippen molar-refractivity contribution in [1.29, 1.82) is 0 Å². The molecule has 2 heterocycles. The average molecular weight is 362 g/mol. The summed E-state index contributed by atoms with van der Waals surface area (Å²) in [5.41, 5.74) is 8.30. The van der Waals surface area contributed by atoms with Crippen molar-refractivity contribution in [3.63, 3.8) is 0 Å². The molecular weight excluding hydrogens is 340 g/mol. The number of benzene rings is 1. The van der Waals surface area contributed by atoms with Crippen molar-refractivity contribution >= 4 is 23.4 Å². The second kappa shape index (κ2) is 8.27. The fraction of sp³-hybridized carbons (Fsp3) is 0.200. The van der Waals surface area contributed by atoms with Gasteiger partial charge in [-0.1, -0.05) is 6.92 Å². The molecule has 7 heteroatoms. The highest BCUT2D eigenvalue weighted by Crippen LogP contribution is 2.21. The molecule has 2 aromatic heterocycles. The van der Waals surface area contributed by atoms with E-state index < -0.39 is 0 Å². The summed E-state index contributed by atoms with van der Waals surface area (Å²) in [5, 5.41) is 6.08. The minimum atomic E-state index is -0.264. The number of nitrogens with one attached hydrogen (secondary N) is 2. The Bertz CT molecular complexity index is 912. The molecule has 1 atom stereocenters. The Morgan fingerprint density at radius 2 is 1.96 bits per heavy atom. The third-order valence-corrected chi connectivity index (χ3v) is 4.09. The number of amides is 1. The number of aromatic nitrogens is 3. The number of rotatable bonds is 6. The Balaban J connectivity index is 1.91. The molecule has 0 unspecified atom stereocenters. The van der Waals surface area contributed by atoms with E-state index in [0.29, 0.717) is 28.7 Å². The molecule has 0 spiro atoms. The van der Waals surface area contributed by atoms with E-state index in [-0.39, 0.29) is 11.9 Å². The highest BCUT2D eigenvalue weighted by molar-refractivity contribution is 6.04. The van der Waals surface area contributed by atoms with Gasteiger partial charge < -0.3 is 16.4 Å². The van der Waals surface area contributed by atoms with Crippen LogP contribution in [0.15, 0.2) is 54.9 Å². The van der Waals surface area contributed by atoms with Crippen molar-refractivity contribution in [2.24, 2.45) is 0 Å². The van der Waals surface area contributed by atoms with Gasteiger partial charge in [0.2, 0.25) is 5.95 Å². The number of nitrogens with zero attached hydrogens (tertiary/aromatic N) is 3. The van der Waals surface area contributed by atoms with Gasteiger partial charge in [-0.05, 0) is 49.7 Å². The number of hydrogen-bond donors (Lipinski definition) is 3. The molecule has 0 aliphatic heterocycles. The van der Waals surface area contributed by atoms with Crippen molar-refractivity contribution in [2.75, 3.05) is 16.4 Å². The maximum atomic E-state index is 12.5. The number of nitrogen functional groups attached to an aromatic ring is 1. The van der Waals surface area contributed by atoms with Crippen molar-refractivity contribution < 1.29 is 4.79 Å². The van der Waals surface area contributed by atoms with Crippen LogP contribution in [0.5, 0.6) is 0 Å². The lowest BCUT2D eigenvalue weighted by Crippen LogP contribution is -2.18. The molecule has 0 aliphatic rings. The van der Waals surface area contributed by atoms with Gasteiger partial charge >= 0.3 is 0 Å². The predicted molar refractivity (Wildman–Crippen MR) is 107 cm³/mol. The summed E-state index contributed by atoms with van der Waals surface area (Å²) in [4.78, 5) is 25.6. The van der Waals surface area contributed by atoms with Gasteiger partial charge in [0.05, 0.1) is 5.69 Å². The predicted octanol–water partition coefficient (Wildman–Crippen LogP) is 3.58. The second-order valence-corrected chi connectivity index (χ2v) is 6.23. The third-order valence-electron chi connectivity index (χ3n) is 4.09. The number of anilines is 3. The average Bonchev–Trinajstić information content (AvgIpc) is 2.69. The molecule has 0 fully saturated rings. The monoisotopic (exact) mass is 362 g/mol. The lowest BCUT2D eigenvalue weighted by atomic mass is 10.2. The normalized spacial score (nSPS) is 11.6. The minimum Gasteiger partial charge on any atom is -0.399 e. The largest absolute Gasteiger partial charge is 0.399 e. The molecule has 3 rings (SSSR count). The molecule has 138 valence electrons. The molecule has 4 N–H and O–H groups in total. The van der Waals surface area contributed by atoms with E-state index in [4.69, 9.17) is 5.73 Å². The van der Waals surface area contributed by atoms with Crippen LogP contribution in [0.2, 0.25) is 0 Å². The Morgan fingerprint density at radius 3 is 2.63 bits per heavy atom. The van der Waals surface area contributed by atoms with E-state index >= 15 is 0 Å².